The summed E-state index contributed by atoms with van der Waals surface area (Å²) in [5, 5.41) is 6.21. The average Bonchev–Trinajstić information content (AvgIpc) is 3.20. The van der Waals surface area contributed by atoms with E-state index in [2.05, 4.69) is 20.6 Å². The zero-order chi connectivity index (χ0) is 19.9. The van der Waals surface area contributed by atoms with Gasteiger partial charge in [-0.2, -0.15) is 0 Å². The third-order valence-corrected chi connectivity index (χ3v) is 4.59. The number of rotatable bonds is 7. The third-order valence-electron chi connectivity index (χ3n) is 3.74. The Labute approximate surface area is 167 Å². The van der Waals surface area contributed by atoms with Crippen molar-refractivity contribution in [1.82, 2.24) is 15.3 Å². The minimum atomic E-state index is -0.309. The van der Waals surface area contributed by atoms with Crippen molar-refractivity contribution in [3.8, 4) is 0 Å². The zero-order valence-electron chi connectivity index (χ0n) is 15.6. The Balaban J connectivity index is 1.45. The van der Waals surface area contributed by atoms with E-state index in [0.717, 1.165) is 17.0 Å². The Morgan fingerprint density at radius 3 is 2.43 bits per heavy atom. The highest BCUT2D eigenvalue weighted by atomic mass is 32.2. The highest BCUT2D eigenvalue weighted by molar-refractivity contribution is 7.99. The molecule has 0 aliphatic heterocycles. The van der Waals surface area contributed by atoms with Crippen molar-refractivity contribution in [2.75, 3.05) is 11.1 Å². The van der Waals surface area contributed by atoms with E-state index in [1.807, 2.05) is 32.0 Å². The molecule has 7 nitrogen and oxygen atoms in total. The highest BCUT2D eigenvalue weighted by Crippen LogP contribution is 2.14. The van der Waals surface area contributed by atoms with Gasteiger partial charge in [0.15, 0.2) is 10.9 Å². The quantitative estimate of drug-likeness (QED) is 0.470. The summed E-state index contributed by atoms with van der Waals surface area (Å²) in [7, 11) is 0. The van der Waals surface area contributed by atoms with Crippen LogP contribution in [-0.4, -0.2) is 27.5 Å². The second-order valence-electron chi connectivity index (χ2n) is 6.13. The number of thioether (sulfide) groups is 1. The maximum absolute atomic E-state index is 12.0. The van der Waals surface area contributed by atoms with Crippen LogP contribution in [0.15, 0.2) is 58.3 Å². The lowest BCUT2D eigenvalue weighted by Gasteiger charge is -2.07. The van der Waals surface area contributed by atoms with Crippen LogP contribution in [-0.2, 0) is 11.3 Å². The van der Waals surface area contributed by atoms with Crippen LogP contribution in [0.1, 0.15) is 27.5 Å². The second-order valence-corrected chi connectivity index (χ2v) is 7.07. The summed E-state index contributed by atoms with van der Waals surface area (Å²) in [5.74, 6) is 0.0986. The minimum absolute atomic E-state index is 0.0945. The molecule has 2 N–H and O–H groups in total. The first-order chi connectivity index (χ1) is 13.5. The predicted molar refractivity (Wildman–Crippen MR) is 107 cm³/mol. The normalized spacial score (nSPS) is 10.5. The molecule has 0 radical (unpaired) electrons. The first-order valence-electron chi connectivity index (χ1n) is 8.65. The van der Waals surface area contributed by atoms with Gasteiger partial charge in [0.2, 0.25) is 5.91 Å². The van der Waals surface area contributed by atoms with Gasteiger partial charge in [-0.05, 0) is 49.7 Å². The Kier molecular flexibility index (Phi) is 6.44. The summed E-state index contributed by atoms with van der Waals surface area (Å²) in [6, 6.07) is 12.4. The summed E-state index contributed by atoms with van der Waals surface area (Å²) in [4.78, 5) is 32.6. The molecule has 1 aromatic carbocycles. The largest absolute Gasteiger partial charge is 0.459 e. The number of anilines is 1. The minimum Gasteiger partial charge on any atom is -0.459 e. The van der Waals surface area contributed by atoms with E-state index >= 15 is 0 Å². The number of nitrogens with one attached hydrogen (secondary N) is 2. The standard InChI is InChI=1S/C20H20N4O3S/c1-13-10-14(2)23-20(22-13)28-12-18(25)21-11-15-5-7-16(8-6-15)24-19(26)17-4-3-9-27-17/h3-10H,11-12H2,1-2H3,(H,21,25)(H,24,26). The Bertz CT molecular complexity index is 936. The summed E-state index contributed by atoms with van der Waals surface area (Å²) in [6.45, 7) is 4.21. The molecule has 28 heavy (non-hydrogen) atoms. The van der Waals surface area contributed by atoms with Gasteiger partial charge in [-0.3, -0.25) is 9.59 Å². The van der Waals surface area contributed by atoms with Crippen molar-refractivity contribution >= 4 is 29.3 Å². The number of benzene rings is 1. The van der Waals surface area contributed by atoms with Crippen LogP contribution in [0.4, 0.5) is 5.69 Å². The van der Waals surface area contributed by atoms with Gasteiger partial charge in [-0.1, -0.05) is 23.9 Å². The molecule has 2 aromatic heterocycles. The Hall–Kier alpha value is -3.13. The van der Waals surface area contributed by atoms with Crippen LogP contribution in [0.2, 0.25) is 0 Å². The SMILES string of the molecule is Cc1cc(C)nc(SCC(=O)NCc2ccc(NC(=O)c3ccco3)cc2)n1. The summed E-state index contributed by atoms with van der Waals surface area (Å²) in [6.07, 6.45) is 1.45. The fraction of sp³-hybridized carbons (Fsp3) is 0.200. The molecule has 0 saturated carbocycles. The lowest BCUT2D eigenvalue weighted by Crippen LogP contribution is -2.24. The number of carbonyl (C=O) groups excluding carboxylic acids is 2. The van der Waals surface area contributed by atoms with Gasteiger partial charge in [0.1, 0.15) is 0 Å². The van der Waals surface area contributed by atoms with Crippen molar-refractivity contribution in [2.45, 2.75) is 25.5 Å². The lowest BCUT2D eigenvalue weighted by molar-refractivity contribution is -0.118. The molecular formula is C20H20N4O3S. The molecule has 0 aliphatic rings. The van der Waals surface area contributed by atoms with E-state index in [1.165, 1.54) is 18.0 Å². The molecule has 8 heteroatoms. The Morgan fingerprint density at radius 2 is 1.79 bits per heavy atom. The van der Waals surface area contributed by atoms with Crippen molar-refractivity contribution < 1.29 is 14.0 Å². The van der Waals surface area contributed by atoms with Gasteiger partial charge in [0.25, 0.3) is 5.91 Å². The molecule has 2 heterocycles. The number of hydrogen-bond donors (Lipinski definition) is 2. The topological polar surface area (TPSA) is 97.1 Å². The van der Waals surface area contributed by atoms with E-state index in [-0.39, 0.29) is 23.3 Å². The number of furan rings is 1. The van der Waals surface area contributed by atoms with E-state index in [0.29, 0.717) is 17.4 Å². The molecule has 0 aliphatic carbocycles. The van der Waals surface area contributed by atoms with Crippen LogP contribution in [0.3, 0.4) is 0 Å². The summed E-state index contributed by atoms with van der Waals surface area (Å²) in [5.41, 5.74) is 3.35. The number of aryl methyl sites for hydroxylation is 2. The number of carbonyl (C=O) groups is 2. The van der Waals surface area contributed by atoms with Gasteiger partial charge < -0.3 is 15.1 Å². The number of aromatic nitrogens is 2. The predicted octanol–water partition coefficient (Wildman–Crippen LogP) is 3.35. The fourth-order valence-corrected chi connectivity index (χ4v) is 3.23. The summed E-state index contributed by atoms with van der Waals surface area (Å²) < 4.78 is 5.05. The van der Waals surface area contributed by atoms with Gasteiger partial charge in [-0.15, -0.1) is 0 Å². The van der Waals surface area contributed by atoms with Gasteiger partial charge in [0, 0.05) is 23.6 Å². The molecule has 3 aromatic rings. The smallest absolute Gasteiger partial charge is 0.291 e. The maximum Gasteiger partial charge on any atom is 0.291 e. The number of nitrogens with zero attached hydrogens (tertiary/aromatic N) is 2. The molecule has 0 bridgehead atoms. The van der Waals surface area contributed by atoms with Crippen LogP contribution < -0.4 is 10.6 Å². The molecule has 0 saturated heterocycles. The van der Waals surface area contributed by atoms with Crippen LogP contribution >= 0.6 is 11.8 Å². The monoisotopic (exact) mass is 396 g/mol. The average molecular weight is 396 g/mol. The first-order valence-corrected chi connectivity index (χ1v) is 9.64. The number of hydrogen-bond acceptors (Lipinski definition) is 6. The maximum atomic E-state index is 12.0. The van der Waals surface area contributed by atoms with Gasteiger partial charge >= 0.3 is 0 Å². The van der Waals surface area contributed by atoms with E-state index in [1.54, 1.807) is 24.3 Å². The van der Waals surface area contributed by atoms with E-state index < -0.39 is 0 Å². The molecule has 0 unspecified atom stereocenters. The molecule has 0 fully saturated rings. The second kappa shape index (κ2) is 9.18. The molecule has 0 spiro atoms. The molecular weight excluding hydrogens is 376 g/mol. The van der Waals surface area contributed by atoms with Crippen molar-refractivity contribution in [3.63, 3.8) is 0 Å². The number of amides is 2. The fourth-order valence-electron chi connectivity index (χ4n) is 2.45. The first kappa shape index (κ1) is 19.6. The van der Waals surface area contributed by atoms with Gasteiger partial charge in [-0.25, -0.2) is 9.97 Å². The lowest BCUT2D eigenvalue weighted by atomic mass is 10.2. The van der Waals surface area contributed by atoms with Crippen molar-refractivity contribution in [2.24, 2.45) is 0 Å². The molecule has 2 amide bonds. The Morgan fingerprint density at radius 1 is 1.07 bits per heavy atom. The van der Waals surface area contributed by atoms with Crippen LogP contribution in [0, 0.1) is 13.8 Å². The van der Waals surface area contributed by atoms with E-state index in [4.69, 9.17) is 4.42 Å². The zero-order valence-corrected chi connectivity index (χ0v) is 16.4. The van der Waals surface area contributed by atoms with Gasteiger partial charge in [0.05, 0.1) is 12.0 Å². The highest BCUT2D eigenvalue weighted by Gasteiger charge is 2.09. The third kappa shape index (κ3) is 5.68. The van der Waals surface area contributed by atoms with Crippen molar-refractivity contribution in [1.29, 1.82) is 0 Å². The molecule has 144 valence electrons. The molecule has 0 atom stereocenters. The summed E-state index contributed by atoms with van der Waals surface area (Å²) >= 11 is 1.31. The molecule has 3 rings (SSSR count). The van der Waals surface area contributed by atoms with Crippen LogP contribution in [0.5, 0.6) is 0 Å². The van der Waals surface area contributed by atoms with Crippen LogP contribution in [0.25, 0.3) is 0 Å². The van der Waals surface area contributed by atoms with E-state index in [9.17, 15) is 9.59 Å². The van der Waals surface area contributed by atoms with Crippen molar-refractivity contribution in [3.05, 3.63) is 71.4 Å².